The molecule has 3 heterocycles. The second-order valence-electron chi connectivity index (χ2n) is 7.83. The molecule has 3 aromatic rings. The molecule has 5 rings (SSSR count). The van der Waals surface area contributed by atoms with Crippen LogP contribution in [0.2, 0.25) is 0 Å². The van der Waals surface area contributed by atoms with Gasteiger partial charge < -0.3 is 10.6 Å². The molecule has 0 radical (unpaired) electrons. The minimum absolute atomic E-state index is 0.242. The van der Waals surface area contributed by atoms with Gasteiger partial charge in [-0.2, -0.15) is 0 Å². The van der Waals surface area contributed by atoms with Crippen molar-refractivity contribution >= 4 is 23.1 Å². The lowest BCUT2D eigenvalue weighted by Gasteiger charge is -2.26. The van der Waals surface area contributed by atoms with Crippen LogP contribution in [0.4, 0.5) is 5.69 Å². The van der Waals surface area contributed by atoms with Crippen molar-refractivity contribution in [3.05, 3.63) is 58.8 Å². The van der Waals surface area contributed by atoms with E-state index in [1.165, 1.54) is 11.1 Å². The fraction of sp³-hybridized carbons (Fsp3) is 0.364. The summed E-state index contributed by atoms with van der Waals surface area (Å²) in [4.78, 5) is 26.4. The third-order valence-electron chi connectivity index (χ3n) is 5.79. The molecule has 0 saturated carbocycles. The molecule has 1 aliphatic heterocycles. The molecule has 0 bridgehead atoms. The molecular formula is C22H24N6O. The number of fused-ring (bicyclic) bond motifs is 2. The molecule has 29 heavy (non-hydrogen) atoms. The van der Waals surface area contributed by atoms with Crippen LogP contribution >= 0.6 is 0 Å². The van der Waals surface area contributed by atoms with Gasteiger partial charge in [0.2, 0.25) is 0 Å². The van der Waals surface area contributed by atoms with Gasteiger partial charge in [-0.05, 0) is 62.4 Å². The topological polar surface area (TPSA) is 83.7 Å². The van der Waals surface area contributed by atoms with Crippen molar-refractivity contribution in [2.24, 2.45) is 4.99 Å². The Morgan fingerprint density at radius 1 is 1.28 bits per heavy atom. The van der Waals surface area contributed by atoms with Gasteiger partial charge in [-0.25, -0.2) is 9.97 Å². The van der Waals surface area contributed by atoms with E-state index < -0.39 is 0 Å². The summed E-state index contributed by atoms with van der Waals surface area (Å²) in [6.45, 7) is 5.66. The monoisotopic (exact) mass is 388 g/mol. The molecule has 7 nitrogen and oxygen atoms in total. The fourth-order valence-electron chi connectivity index (χ4n) is 4.44. The van der Waals surface area contributed by atoms with Gasteiger partial charge >= 0.3 is 0 Å². The van der Waals surface area contributed by atoms with E-state index in [4.69, 9.17) is 0 Å². The molecule has 0 fully saturated rings. The first-order chi connectivity index (χ1) is 14.1. The lowest BCUT2D eigenvalue weighted by atomic mass is 9.82. The summed E-state index contributed by atoms with van der Waals surface area (Å²) in [5.74, 6) is 1.14. The van der Waals surface area contributed by atoms with Crippen LogP contribution in [-0.4, -0.2) is 39.2 Å². The average Bonchev–Trinajstić information content (AvgIpc) is 3.37. The normalized spacial score (nSPS) is 18.3. The van der Waals surface area contributed by atoms with Gasteiger partial charge in [0.05, 0.1) is 6.54 Å². The Hall–Kier alpha value is -3.22. The van der Waals surface area contributed by atoms with Gasteiger partial charge in [-0.1, -0.05) is 6.07 Å². The van der Waals surface area contributed by atoms with Gasteiger partial charge in [0.15, 0.2) is 11.3 Å². The third-order valence-corrected chi connectivity index (χ3v) is 5.79. The molecule has 1 atom stereocenters. The number of amidine groups is 1. The number of anilines is 1. The van der Waals surface area contributed by atoms with E-state index in [1.54, 1.807) is 6.33 Å². The number of hydrogen-bond donors (Lipinski definition) is 2. The predicted molar refractivity (Wildman–Crippen MR) is 113 cm³/mol. The second kappa shape index (κ2) is 6.99. The highest BCUT2D eigenvalue weighted by molar-refractivity contribution is 6.07. The molecular weight excluding hydrogens is 364 g/mol. The Morgan fingerprint density at radius 3 is 3.00 bits per heavy atom. The van der Waals surface area contributed by atoms with Crippen molar-refractivity contribution < 1.29 is 4.79 Å². The van der Waals surface area contributed by atoms with Crippen molar-refractivity contribution in [1.29, 1.82) is 0 Å². The zero-order valence-corrected chi connectivity index (χ0v) is 16.7. The number of nitrogens with zero attached hydrogens (tertiary/aromatic N) is 4. The largest absolute Gasteiger partial charge is 0.371 e. The van der Waals surface area contributed by atoms with Crippen molar-refractivity contribution in [2.45, 2.75) is 39.0 Å². The van der Waals surface area contributed by atoms with E-state index >= 15 is 0 Å². The summed E-state index contributed by atoms with van der Waals surface area (Å²) in [5, 5.41) is 6.44. The number of carbonyl (C=O) groups excluding carboxylic acids is 1. The highest BCUT2D eigenvalue weighted by Gasteiger charge is 2.27. The highest BCUT2D eigenvalue weighted by Crippen LogP contribution is 2.34. The van der Waals surface area contributed by atoms with Crippen molar-refractivity contribution in [3.8, 4) is 0 Å². The predicted octanol–water partition coefficient (Wildman–Crippen LogP) is 3.02. The van der Waals surface area contributed by atoms with E-state index in [0.717, 1.165) is 55.3 Å². The Labute approximate surface area is 169 Å². The molecule has 1 unspecified atom stereocenters. The number of benzene rings is 1. The van der Waals surface area contributed by atoms with Gasteiger partial charge in [-0.15, -0.1) is 0 Å². The third kappa shape index (κ3) is 3.16. The maximum Gasteiger partial charge on any atom is 0.278 e. The van der Waals surface area contributed by atoms with E-state index in [1.807, 2.05) is 30.4 Å². The smallest absolute Gasteiger partial charge is 0.278 e. The first-order valence-electron chi connectivity index (χ1n) is 10.1. The van der Waals surface area contributed by atoms with Crippen LogP contribution in [0.3, 0.4) is 0 Å². The van der Waals surface area contributed by atoms with E-state index in [2.05, 4.69) is 37.7 Å². The number of aryl methyl sites for hydroxylation is 3. The number of hydrogen-bond acceptors (Lipinski definition) is 5. The van der Waals surface area contributed by atoms with Crippen LogP contribution in [0.15, 0.2) is 35.6 Å². The SMILES string of the molecule is Cc1cc(C)n2cnc(C(=O)Nc3ccc4c(c3)C(C3=NCCN3)CCC4)c2n1. The summed E-state index contributed by atoms with van der Waals surface area (Å²) in [7, 11) is 0. The number of aliphatic imine (C=N–C) groups is 1. The summed E-state index contributed by atoms with van der Waals surface area (Å²) in [5.41, 5.74) is 6.18. The zero-order chi connectivity index (χ0) is 20.0. The van der Waals surface area contributed by atoms with Gasteiger partial charge in [0.25, 0.3) is 5.91 Å². The lowest BCUT2D eigenvalue weighted by molar-refractivity contribution is 0.102. The number of aromatic nitrogens is 3. The van der Waals surface area contributed by atoms with Crippen LogP contribution in [0.25, 0.3) is 5.65 Å². The summed E-state index contributed by atoms with van der Waals surface area (Å²) < 4.78 is 1.84. The summed E-state index contributed by atoms with van der Waals surface area (Å²) >= 11 is 0. The standard InChI is InChI=1S/C22H24N6O/c1-13-10-14(2)28-12-25-19(21(28)26-13)22(29)27-16-7-6-15-4-3-5-17(18(15)11-16)20-23-8-9-24-20/h6-7,10-12,17H,3-5,8-9H2,1-2H3,(H,23,24)(H,27,29). The molecule has 2 aliphatic rings. The van der Waals surface area contributed by atoms with Crippen molar-refractivity contribution in [2.75, 3.05) is 18.4 Å². The van der Waals surface area contributed by atoms with E-state index in [9.17, 15) is 4.79 Å². The van der Waals surface area contributed by atoms with E-state index in [0.29, 0.717) is 17.3 Å². The number of carbonyl (C=O) groups is 1. The molecule has 148 valence electrons. The van der Waals surface area contributed by atoms with Crippen molar-refractivity contribution in [3.63, 3.8) is 0 Å². The molecule has 1 amide bonds. The number of nitrogens with one attached hydrogen (secondary N) is 2. The van der Waals surface area contributed by atoms with E-state index in [-0.39, 0.29) is 5.91 Å². The van der Waals surface area contributed by atoms with Crippen LogP contribution in [0, 0.1) is 13.8 Å². The van der Waals surface area contributed by atoms with Crippen LogP contribution < -0.4 is 10.6 Å². The summed E-state index contributed by atoms with van der Waals surface area (Å²) in [6.07, 6.45) is 4.97. The molecule has 0 saturated heterocycles. The highest BCUT2D eigenvalue weighted by atomic mass is 16.1. The minimum atomic E-state index is -0.242. The first kappa shape index (κ1) is 17.8. The number of imidazole rings is 1. The van der Waals surface area contributed by atoms with Gasteiger partial charge in [-0.3, -0.25) is 14.2 Å². The van der Waals surface area contributed by atoms with Crippen LogP contribution in [0.5, 0.6) is 0 Å². The Kier molecular flexibility index (Phi) is 4.30. The molecule has 7 heteroatoms. The van der Waals surface area contributed by atoms with Crippen molar-refractivity contribution in [1.82, 2.24) is 19.7 Å². The zero-order valence-electron chi connectivity index (χ0n) is 16.7. The Morgan fingerprint density at radius 2 is 2.17 bits per heavy atom. The molecule has 2 N–H and O–H groups in total. The quantitative estimate of drug-likeness (QED) is 0.722. The second-order valence-corrected chi connectivity index (χ2v) is 7.83. The maximum atomic E-state index is 13.0. The van der Waals surface area contributed by atoms with Gasteiger partial charge in [0.1, 0.15) is 12.2 Å². The number of rotatable bonds is 3. The molecule has 2 aromatic heterocycles. The minimum Gasteiger partial charge on any atom is -0.371 e. The number of amides is 1. The fourth-order valence-corrected chi connectivity index (χ4v) is 4.44. The van der Waals surface area contributed by atoms with Gasteiger partial charge in [0, 0.05) is 29.5 Å². The molecule has 1 aromatic carbocycles. The summed E-state index contributed by atoms with van der Waals surface area (Å²) in [6, 6.07) is 8.18. The molecule has 0 spiro atoms. The lowest BCUT2D eigenvalue weighted by Crippen LogP contribution is -2.28. The first-order valence-corrected chi connectivity index (χ1v) is 10.1. The Balaban J connectivity index is 1.45. The average molecular weight is 388 g/mol. The Bertz CT molecular complexity index is 1150. The van der Waals surface area contributed by atoms with Crippen LogP contribution in [-0.2, 0) is 6.42 Å². The maximum absolute atomic E-state index is 13.0. The van der Waals surface area contributed by atoms with Crippen LogP contribution in [0.1, 0.15) is 51.8 Å². The molecule has 1 aliphatic carbocycles.